The first kappa shape index (κ1) is 15.3. The second kappa shape index (κ2) is 7.05. The standard InChI is InChI=1S/C18H22BrN/c1-3-13(2)15-6-8-16(9-7-15)18(20)12-14-4-10-17(19)11-5-14/h4-11,13,18H,3,12,20H2,1-2H3. The Hall–Kier alpha value is -1.12. The summed E-state index contributed by atoms with van der Waals surface area (Å²) in [5.41, 5.74) is 10.2. The van der Waals surface area contributed by atoms with Crippen LogP contribution in [0.2, 0.25) is 0 Å². The van der Waals surface area contributed by atoms with E-state index in [2.05, 4.69) is 78.3 Å². The highest BCUT2D eigenvalue weighted by Crippen LogP contribution is 2.22. The molecule has 2 aromatic rings. The van der Waals surface area contributed by atoms with Gasteiger partial charge in [-0.25, -0.2) is 0 Å². The second-order valence-corrected chi connectivity index (χ2v) is 6.33. The average molecular weight is 332 g/mol. The van der Waals surface area contributed by atoms with Gasteiger partial charge in [0.25, 0.3) is 0 Å². The van der Waals surface area contributed by atoms with Gasteiger partial charge in [0.1, 0.15) is 0 Å². The summed E-state index contributed by atoms with van der Waals surface area (Å²) in [5, 5.41) is 0. The molecule has 0 heterocycles. The van der Waals surface area contributed by atoms with Crippen LogP contribution in [0.25, 0.3) is 0 Å². The molecule has 0 amide bonds. The lowest BCUT2D eigenvalue weighted by molar-refractivity contribution is 0.712. The van der Waals surface area contributed by atoms with E-state index in [1.165, 1.54) is 23.1 Å². The molecule has 2 N–H and O–H groups in total. The fraction of sp³-hybridized carbons (Fsp3) is 0.333. The van der Waals surface area contributed by atoms with Gasteiger partial charge in [0.15, 0.2) is 0 Å². The zero-order chi connectivity index (χ0) is 14.5. The minimum Gasteiger partial charge on any atom is -0.324 e. The van der Waals surface area contributed by atoms with E-state index in [4.69, 9.17) is 5.73 Å². The molecule has 106 valence electrons. The molecule has 0 aliphatic carbocycles. The van der Waals surface area contributed by atoms with Crippen LogP contribution in [0.15, 0.2) is 53.0 Å². The van der Waals surface area contributed by atoms with Crippen LogP contribution >= 0.6 is 15.9 Å². The van der Waals surface area contributed by atoms with Gasteiger partial charge in [-0.05, 0) is 47.6 Å². The Morgan fingerprint density at radius 3 is 2.05 bits per heavy atom. The molecule has 0 aliphatic heterocycles. The molecule has 2 atom stereocenters. The molecule has 0 saturated carbocycles. The van der Waals surface area contributed by atoms with Crippen molar-refractivity contribution in [1.82, 2.24) is 0 Å². The van der Waals surface area contributed by atoms with Gasteiger partial charge in [0.2, 0.25) is 0 Å². The fourth-order valence-electron chi connectivity index (χ4n) is 2.30. The summed E-state index contributed by atoms with van der Waals surface area (Å²) in [5.74, 6) is 0.617. The largest absolute Gasteiger partial charge is 0.324 e. The Balaban J connectivity index is 2.05. The molecule has 1 nitrogen and oxygen atoms in total. The third-order valence-electron chi connectivity index (χ3n) is 3.91. The number of halogens is 1. The van der Waals surface area contributed by atoms with E-state index in [1.54, 1.807) is 0 Å². The Labute approximate surface area is 130 Å². The van der Waals surface area contributed by atoms with E-state index < -0.39 is 0 Å². The lowest BCUT2D eigenvalue weighted by Crippen LogP contribution is -2.13. The van der Waals surface area contributed by atoms with Gasteiger partial charge >= 0.3 is 0 Å². The molecule has 2 unspecified atom stereocenters. The first-order valence-electron chi connectivity index (χ1n) is 7.20. The molecule has 0 aromatic heterocycles. The SMILES string of the molecule is CCC(C)c1ccc(C(N)Cc2ccc(Br)cc2)cc1. The van der Waals surface area contributed by atoms with Crippen LogP contribution < -0.4 is 5.73 Å². The summed E-state index contributed by atoms with van der Waals surface area (Å²) < 4.78 is 1.10. The lowest BCUT2D eigenvalue weighted by atomic mass is 9.94. The van der Waals surface area contributed by atoms with Gasteiger partial charge in [-0.3, -0.25) is 0 Å². The van der Waals surface area contributed by atoms with Crippen molar-refractivity contribution in [3.05, 3.63) is 69.7 Å². The van der Waals surface area contributed by atoms with Gasteiger partial charge in [0.05, 0.1) is 0 Å². The zero-order valence-corrected chi connectivity index (χ0v) is 13.7. The molecule has 20 heavy (non-hydrogen) atoms. The van der Waals surface area contributed by atoms with Crippen LogP contribution in [0, 0.1) is 0 Å². The van der Waals surface area contributed by atoms with Crippen molar-refractivity contribution >= 4 is 15.9 Å². The molecule has 2 heteroatoms. The minimum absolute atomic E-state index is 0.0576. The molecule has 0 radical (unpaired) electrons. The normalized spacial score (nSPS) is 14.0. The van der Waals surface area contributed by atoms with Crippen molar-refractivity contribution in [3.63, 3.8) is 0 Å². The highest BCUT2D eigenvalue weighted by atomic mass is 79.9. The number of hydrogen-bond donors (Lipinski definition) is 1. The molecular formula is C18H22BrN. The van der Waals surface area contributed by atoms with Crippen LogP contribution in [-0.2, 0) is 6.42 Å². The van der Waals surface area contributed by atoms with E-state index in [0.717, 1.165) is 10.9 Å². The summed E-state index contributed by atoms with van der Waals surface area (Å²) in [4.78, 5) is 0. The summed E-state index contributed by atoms with van der Waals surface area (Å²) >= 11 is 3.45. The van der Waals surface area contributed by atoms with Crippen LogP contribution in [0.5, 0.6) is 0 Å². The van der Waals surface area contributed by atoms with Crippen molar-refractivity contribution in [2.45, 2.75) is 38.6 Å². The zero-order valence-electron chi connectivity index (χ0n) is 12.1. The van der Waals surface area contributed by atoms with Gasteiger partial charge < -0.3 is 5.73 Å². The molecule has 0 bridgehead atoms. The summed E-state index contributed by atoms with van der Waals surface area (Å²) in [6, 6.07) is 17.2. The second-order valence-electron chi connectivity index (χ2n) is 5.41. The Kier molecular flexibility index (Phi) is 5.38. The van der Waals surface area contributed by atoms with Crippen molar-refractivity contribution in [2.75, 3.05) is 0 Å². The smallest absolute Gasteiger partial charge is 0.0335 e. The van der Waals surface area contributed by atoms with Gasteiger partial charge in [-0.2, -0.15) is 0 Å². The van der Waals surface area contributed by atoms with E-state index in [1.807, 2.05) is 0 Å². The molecule has 0 saturated heterocycles. The fourth-order valence-corrected chi connectivity index (χ4v) is 2.56. The average Bonchev–Trinajstić information content (AvgIpc) is 2.49. The first-order chi connectivity index (χ1) is 9.60. The highest BCUT2D eigenvalue weighted by Gasteiger charge is 2.08. The topological polar surface area (TPSA) is 26.0 Å². The Morgan fingerprint density at radius 1 is 0.950 bits per heavy atom. The van der Waals surface area contributed by atoms with Crippen LogP contribution in [-0.4, -0.2) is 0 Å². The maximum absolute atomic E-state index is 6.31. The molecule has 0 spiro atoms. The lowest BCUT2D eigenvalue weighted by Gasteiger charge is -2.14. The molecule has 2 aromatic carbocycles. The van der Waals surface area contributed by atoms with Crippen molar-refractivity contribution in [2.24, 2.45) is 5.73 Å². The third-order valence-corrected chi connectivity index (χ3v) is 4.44. The minimum atomic E-state index is 0.0576. The maximum atomic E-state index is 6.31. The molecule has 0 fully saturated rings. The van der Waals surface area contributed by atoms with Crippen LogP contribution in [0.4, 0.5) is 0 Å². The van der Waals surface area contributed by atoms with Gasteiger partial charge in [-0.15, -0.1) is 0 Å². The van der Waals surface area contributed by atoms with Gasteiger partial charge in [-0.1, -0.05) is 66.2 Å². The highest BCUT2D eigenvalue weighted by molar-refractivity contribution is 9.10. The van der Waals surface area contributed by atoms with Crippen LogP contribution in [0.3, 0.4) is 0 Å². The molecular weight excluding hydrogens is 310 g/mol. The maximum Gasteiger partial charge on any atom is 0.0335 e. The van der Waals surface area contributed by atoms with E-state index in [9.17, 15) is 0 Å². The van der Waals surface area contributed by atoms with Crippen LogP contribution in [0.1, 0.15) is 48.9 Å². The summed E-state index contributed by atoms with van der Waals surface area (Å²) in [7, 11) is 0. The predicted octanol–water partition coefficient (Wildman–Crippen LogP) is 5.21. The van der Waals surface area contributed by atoms with Crippen molar-refractivity contribution in [3.8, 4) is 0 Å². The third kappa shape index (κ3) is 3.94. The van der Waals surface area contributed by atoms with E-state index >= 15 is 0 Å². The van der Waals surface area contributed by atoms with E-state index in [-0.39, 0.29) is 6.04 Å². The Morgan fingerprint density at radius 2 is 1.50 bits per heavy atom. The van der Waals surface area contributed by atoms with Crippen molar-refractivity contribution < 1.29 is 0 Å². The molecule has 0 aliphatic rings. The summed E-state index contributed by atoms with van der Waals surface area (Å²) in [6.45, 7) is 4.48. The van der Waals surface area contributed by atoms with E-state index in [0.29, 0.717) is 5.92 Å². The number of benzene rings is 2. The summed E-state index contributed by atoms with van der Waals surface area (Å²) in [6.07, 6.45) is 2.04. The number of hydrogen-bond acceptors (Lipinski definition) is 1. The number of nitrogens with two attached hydrogens (primary N) is 1. The van der Waals surface area contributed by atoms with Crippen molar-refractivity contribution in [1.29, 1.82) is 0 Å². The van der Waals surface area contributed by atoms with Gasteiger partial charge in [0, 0.05) is 10.5 Å². The first-order valence-corrected chi connectivity index (χ1v) is 7.99. The monoisotopic (exact) mass is 331 g/mol. The predicted molar refractivity (Wildman–Crippen MR) is 89.9 cm³/mol. The molecule has 2 rings (SSSR count). The quantitative estimate of drug-likeness (QED) is 0.800. The number of rotatable bonds is 5. The Bertz CT molecular complexity index is 530.